The van der Waals surface area contributed by atoms with Gasteiger partial charge in [0, 0.05) is 29.9 Å². The first-order valence-electron chi connectivity index (χ1n) is 10.1. The Bertz CT molecular complexity index is 850. The fraction of sp³-hybridized carbons (Fsp3) is 0.417. The lowest BCUT2D eigenvalue weighted by atomic mass is 9.86. The highest BCUT2D eigenvalue weighted by Crippen LogP contribution is 2.29. The van der Waals surface area contributed by atoms with Gasteiger partial charge in [-0.2, -0.15) is 0 Å². The lowest BCUT2D eigenvalue weighted by molar-refractivity contribution is 0.0682. The van der Waals surface area contributed by atoms with E-state index in [2.05, 4.69) is 33.0 Å². The number of benzene rings is 2. The molecule has 4 heteroatoms. The molecule has 0 aliphatic carbocycles. The second kappa shape index (κ2) is 8.17. The third-order valence-electron chi connectivity index (χ3n) is 5.32. The first-order chi connectivity index (χ1) is 13.3. The number of likely N-dealkylation sites (tertiary alicyclic amines) is 1. The number of amides is 2. The molecule has 1 N–H and O–H groups in total. The van der Waals surface area contributed by atoms with Gasteiger partial charge in [0.15, 0.2) is 0 Å². The SMILES string of the molecule is CC1CCCN(C(=O)c2ccc(C(=O)Nc3ccccc3C(C)(C)C)cc2)C1. The van der Waals surface area contributed by atoms with E-state index in [-0.39, 0.29) is 17.2 Å². The van der Waals surface area contributed by atoms with E-state index >= 15 is 0 Å². The van der Waals surface area contributed by atoms with Crippen LogP contribution in [0.4, 0.5) is 5.69 Å². The van der Waals surface area contributed by atoms with Crippen LogP contribution in [0.25, 0.3) is 0 Å². The molecule has 0 radical (unpaired) electrons. The minimum Gasteiger partial charge on any atom is -0.338 e. The summed E-state index contributed by atoms with van der Waals surface area (Å²) in [5.41, 5.74) is 3.04. The molecule has 4 nitrogen and oxygen atoms in total. The largest absolute Gasteiger partial charge is 0.338 e. The summed E-state index contributed by atoms with van der Waals surface area (Å²) >= 11 is 0. The summed E-state index contributed by atoms with van der Waals surface area (Å²) in [6.45, 7) is 10.2. The number of piperidine rings is 1. The molecule has 2 aromatic rings. The van der Waals surface area contributed by atoms with Gasteiger partial charge in [-0.25, -0.2) is 0 Å². The number of rotatable bonds is 3. The van der Waals surface area contributed by atoms with Crippen molar-refractivity contribution in [2.24, 2.45) is 5.92 Å². The summed E-state index contributed by atoms with van der Waals surface area (Å²) < 4.78 is 0. The first-order valence-corrected chi connectivity index (χ1v) is 10.1. The lowest BCUT2D eigenvalue weighted by Gasteiger charge is -2.31. The van der Waals surface area contributed by atoms with Crippen LogP contribution in [-0.4, -0.2) is 29.8 Å². The average molecular weight is 379 g/mol. The summed E-state index contributed by atoms with van der Waals surface area (Å²) in [4.78, 5) is 27.3. The molecular weight excluding hydrogens is 348 g/mol. The Morgan fingerprint density at radius 3 is 2.29 bits per heavy atom. The summed E-state index contributed by atoms with van der Waals surface area (Å²) in [6.07, 6.45) is 2.24. The van der Waals surface area contributed by atoms with Crippen LogP contribution in [0.1, 0.15) is 66.8 Å². The van der Waals surface area contributed by atoms with Crippen LogP contribution in [0.5, 0.6) is 0 Å². The van der Waals surface area contributed by atoms with Crippen molar-refractivity contribution < 1.29 is 9.59 Å². The molecule has 1 fully saturated rings. The lowest BCUT2D eigenvalue weighted by Crippen LogP contribution is -2.39. The minimum atomic E-state index is -0.165. The molecule has 0 aromatic heterocycles. The molecule has 3 rings (SSSR count). The zero-order valence-corrected chi connectivity index (χ0v) is 17.3. The molecule has 1 aliphatic rings. The normalized spacial score (nSPS) is 17.3. The van der Waals surface area contributed by atoms with Gasteiger partial charge in [0.25, 0.3) is 11.8 Å². The van der Waals surface area contributed by atoms with Crippen molar-refractivity contribution in [1.29, 1.82) is 0 Å². The number of carbonyl (C=O) groups excluding carboxylic acids is 2. The molecular formula is C24H30N2O2. The number of hydrogen-bond acceptors (Lipinski definition) is 2. The van der Waals surface area contributed by atoms with Gasteiger partial charge in [0.2, 0.25) is 0 Å². The van der Waals surface area contributed by atoms with Gasteiger partial charge < -0.3 is 10.2 Å². The van der Waals surface area contributed by atoms with Crippen LogP contribution in [0.2, 0.25) is 0 Å². The van der Waals surface area contributed by atoms with Crippen molar-refractivity contribution in [3.05, 3.63) is 65.2 Å². The molecule has 1 saturated heterocycles. The van der Waals surface area contributed by atoms with Gasteiger partial charge >= 0.3 is 0 Å². The summed E-state index contributed by atoms with van der Waals surface area (Å²) in [5, 5.41) is 3.02. The first kappa shape index (κ1) is 20.1. The Balaban J connectivity index is 1.72. The summed E-state index contributed by atoms with van der Waals surface area (Å²) in [5.74, 6) is 0.435. The van der Waals surface area contributed by atoms with Crippen LogP contribution < -0.4 is 5.32 Å². The maximum atomic E-state index is 12.7. The highest BCUT2D eigenvalue weighted by molar-refractivity contribution is 6.05. The van der Waals surface area contributed by atoms with Crippen molar-refractivity contribution >= 4 is 17.5 Å². The molecule has 1 heterocycles. The highest BCUT2D eigenvalue weighted by Gasteiger charge is 2.22. The predicted octanol–water partition coefficient (Wildman–Crippen LogP) is 5.11. The summed E-state index contributed by atoms with van der Waals surface area (Å²) in [7, 11) is 0. The number of anilines is 1. The Kier molecular flexibility index (Phi) is 5.87. The van der Waals surface area contributed by atoms with Crippen LogP contribution in [0, 0.1) is 5.92 Å². The third kappa shape index (κ3) is 4.61. The number of hydrogen-bond donors (Lipinski definition) is 1. The number of nitrogens with zero attached hydrogens (tertiary/aromatic N) is 1. The van der Waals surface area contributed by atoms with Crippen LogP contribution in [0.3, 0.4) is 0 Å². The van der Waals surface area contributed by atoms with E-state index in [1.807, 2.05) is 29.2 Å². The van der Waals surface area contributed by atoms with E-state index in [0.717, 1.165) is 30.8 Å². The van der Waals surface area contributed by atoms with Gasteiger partial charge in [0.1, 0.15) is 0 Å². The van der Waals surface area contributed by atoms with E-state index in [9.17, 15) is 9.59 Å². The number of nitrogens with one attached hydrogen (secondary N) is 1. The second-order valence-corrected chi connectivity index (χ2v) is 8.83. The van der Waals surface area contributed by atoms with E-state index in [1.165, 1.54) is 6.42 Å². The second-order valence-electron chi connectivity index (χ2n) is 8.83. The van der Waals surface area contributed by atoms with Crippen molar-refractivity contribution in [3.8, 4) is 0 Å². The maximum absolute atomic E-state index is 12.7. The van der Waals surface area contributed by atoms with Gasteiger partial charge in [0.05, 0.1) is 0 Å². The fourth-order valence-corrected chi connectivity index (χ4v) is 3.76. The molecule has 1 aliphatic heterocycles. The van der Waals surface area contributed by atoms with Crippen LogP contribution in [-0.2, 0) is 5.41 Å². The monoisotopic (exact) mass is 378 g/mol. The molecule has 0 spiro atoms. The van der Waals surface area contributed by atoms with Gasteiger partial charge in [-0.15, -0.1) is 0 Å². The van der Waals surface area contributed by atoms with E-state index in [0.29, 0.717) is 17.0 Å². The number of carbonyl (C=O) groups is 2. The predicted molar refractivity (Wildman–Crippen MR) is 114 cm³/mol. The molecule has 2 aromatic carbocycles. The zero-order valence-electron chi connectivity index (χ0n) is 17.3. The Morgan fingerprint density at radius 1 is 1.00 bits per heavy atom. The topological polar surface area (TPSA) is 49.4 Å². The summed E-state index contributed by atoms with van der Waals surface area (Å²) in [6, 6.07) is 14.8. The highest BCUT2D eigenvalue weighted by atomic mass is 16.2. The molecule has 28 heavy (non-hydrogen) atoms. The standard InChI is InChI=1S/C24H30N2O2/c1-17-8-7-15-26(16-17)23(28)19-13-11-18(12-14-19)22(27)25-21-10-6-5-9-20(21)24(2,3)4/h5-6,9-14,17H,7-8,15-16H2,1-4H3,(H,25,27). The Labute approximate surface area is 167 Å². The van der Waals surface area contributed by atoms with Crippen molar-refractivity contribution in [1.82, 2.24) is 4.90 Å². The van der Waals surface area contributed by atoms with Crippen molar-refractivity contribution in [3.63, 3.8) is 0 Å². The Hall–Kier alpha value is -2.62. The smallest absolute Gasteiger partial charge is 0.255 e. The van der Waals surface area contributed by atoms with E-state index < -0.39 is 0 Å². The van der Waals surface area contributed by atoms with Crippen molar-refractivity contribution in [2.45, 2.75) is 46.0 Å². The molecule has 0 saturated carbocycles. The quantitative estimate of drug-likeness (QED) is 0.807. The van der Waals surface area contributed by atoms with Crippen LogP contribution in [0.15, 0.2) is 48.5 Å². The number of para-hydroxylation sites is 1. The van der Waals surface area contributed by atoms with Gasteiger partial charge in [-0.3, -0.25) is 9.59 Å². The van der Waals surface area contributed by atoms with Gasteiger partial charge in [-0.05, 0) is 60.1 Å². The molecule has 2 amide bonds. The molecule has 148 valence electrons. The van der Waals surface area contributed by atoms with E-state index in [1.54, 1.807) is 24.3 Å². The minimum absolute atomic E-state index is 0.0524. The van der Waals surface area contributed by atoms with Crippen LogP contribution >= 0.6 is 0 Å². The van der Waals surface area contributed by atoms with Gasteiger partial charge in [-0.1, -0.05) is 45.9 Å². The Morgan fingerprint density at radius 2 is 1.64 bits per heavy atom. The third-order valence-corrected chi connectivity index (χ3v) is 5.32. The zero-order chi connectivity index (χ0) is 20.3. The molecule has 1 unspecified atom stereocenters. The molecule has 1 atom stereocenters. The molecule has 0 bridgehead atoms. The maximum Gasteiger partial charge on any atom is 0.255 e. The van der Waals surface area contributed by atoms with Crippen molar-refractivity contribution in [2.75, 3.05) is 18.4 Å². The fourth-order valence-electron chi connectivity index (χ4n) is 3.76. The average Bonchev–Trinajstić information content (AvgIpc) is 2.67. The van der Waals surface area contributed by atoms with E-state index in [4.69, 9.17) is 0 Å².